The second-order valence-corrected chi connectivity index (χ2v) is 2.58. The number of nitrogen functional groups attached to an aromatic ring is 1. The van der Waals surface area contributed by atoms with Gasteiger partial charge in [0.25, 0.3) is 0 Å². The summed E-state index contributed by atoms with van der Waals surface area (Å²) in [7, 11) is 0. The molecule has 0 amide bonds. The fourth-order valence-corrected chi connectivity index (χ4v) is 0.916. The predicted molar refractivity (Wildman–Crippen MR) is 45.2 cm³/mol. The van der Waals surface area contributed by atoms with E-state index in [0.717, 1.165) is 24.2 Å². The molecule has 0 fully saturated rings. The van der Waals surface area contributed by atoms with Crippen molar-refractivity contribution in [1.82, 2.24) is 9.97 Å². The van der Waals surface area contributed by atoms with Gasteiger partial charge in [-0.1, -0.05) is 13.3 Å². The fraction of sp³-hybridized carbons (Fsp3) is 0.500. The SMILES string of the molecule is CCCc1cnc(N)c(C)n1. The van der Waals surface area contributed by atoms with Crippen LogP contribution >= 0.6 is 0 Å². The molecule has 0 saturated carbocycles. The topological polar surface area (TPSA) is 51.8 Å². The van der Waals surface area contributed by atoms with Crippen molar-refractivity contribution in [2.75, 3.05) is 5.73 Å². The van der Waals surface area contributed by atoms with Gasteiger partial charge in [0, 0.05) is 0 Å². The monoisotopic (exact) mass is 151 g/mol. The molecule has 0 aliphatic rings. The number of rotatable bonds is 2. The van der Waals surface area contributed by atoms with Crippen LogP contribution in [0.2, 0.25) is 0 Å². The van der Waals surface area contributed by atoms with Crippen LogP contribution in [0.25, 0.3) is 0 Å². The smallest absolute Gasteiger partial charge is 0.144 e. The Kier molecular flexibility index (Phi) is 2.41. The number of nitrogens with two attached hydrogens (primary N) is 1. The minimum atomic E-state index is 0.532. The number of aromatic nitrogens is 2. The number of aryl methyl sites for hydroxylation is 2. The van der Waals surface area contributed by atoms with Gasteiger partial charge in [-0.3, -0.25) is 4.98 Å². The highest BCUT2D eigenvalue weighted by molar-refractivity contribution is 5.32. The molecule has 0 saturated heterocycles. The first-order chi connectivity index (χ1) is 5.24. The molecule has 0 spiro atoms. The van der Waals surface area contributed by atoms with E-state index in [1.54, 1.807) is 6.20 Å². The van der Waals surface area contributed by atoms with E-state index in [1.807, 2.05) is 6.92 Å². The molecule has 0 aliphatic heterocycles. The zero-order chi connectivity index (χ0) is 8.27. The molecule has 0 aromatic carbocycles. The maximum atomic E-state index is 5.51. The Morgan fingerprint density at radius 1 is 1.55 bits per heavy atom. The average molecular weight is 151 g/mol. The van der Waals surface area contributed by atoms with Gasteiger partial charge in [0.05, 0.1) is 17.6 Å². The van der Waals surface area contributed by atoms with E-state index in [1.165, 1.54) is 0 Å². The molecule has 3 heteroatoms. The minimum absolute atomic E-state index is 0.532. The molecule has 1 rings (SSSR count). The summed E-state index contributed by atoms with van der Waals surface area (Å²) >= 11 is 0. The first kappa shape index (κ1) is 7.98. The third kappa shape index (κ3) is 1.90. The Balaban J connectivity index is 2.86. The molecular weight excluding hydrogens is 138 g/mol. The lowest BCUT2D eigenvalue weighted by Gasteiger charge is -2.00. The number of hydrogen-bond donors (Lipinski definition) is 1. The van der Waals surface area contributed by atoms with Gasteiger partial charge in [0.1, 0.15) is 5.82 Å². The summed E-state index contributed by atoms with van der Waals surface area (Å²) in [6, 6.07) is 0. The fourth-order valence-electron chi connectivity index (χ4n) is 0.916. The normalized spacial score (nSPS) is 10.0. The number of hydrogen-bond acceptors (Lipinski definition) is 3. The third-order valence-electron chi connectivity index (χ3n) is 1.54. The van der Waals surface area contributed by atoms with E-state index in [-0.39, 0.29) is 0 Å². The van der Waals surface area contributed by atoms with Crippen LogP contribution < -0.4 is 5.73 Å². The lowest BCUT2D eigenvalue weighted by molar-refractivity contribution is 0.862. The van der Waals surface area contributed by atoms with Gasteiger partial charge in [0.15, 0.2) is 0 Å². The third-order valence-corrected chi connectivity index (χ3v) is 1.54. The molecule has 1 aromatic heterocycles. The van der Waals surface area contributed by atoms with Crippen LogP contribution in [0.15, 0.2) is 6.20 Å². The number of anilines is 1. The molecule has 2 N–H and O–H groups in total. The standard InChI is InChI=1S/C8H13N3/c1-3-4-7-5-10-8(9)6(2)11-7/h5H,3-4H2,1-2H3,(H2,9,10). The molecule has 0 aliphatic carbocycles. The predicted octanol–water partition coefficient (Wildman–Crippen LogP) is 1.32. The van der Waals surface area contributed by atoms with E-state index in [4.69, 9.17) is 5.73 Å². The van der Waals surface area contributed by atoms with Gasteiger partial charge in [0.2, 0.25) is 0 Å². The van der Waals surface area contributed by atoms with Crippen molar-refractivity contribution >= 4 is 5.82 Å². The molecule has 3 nitrogen and oxygen atoms in total. The zero-order valence-corrected chi connectivity index (χ0v) is 6.96. The molecule has 60 valence electrons. The van der Waals surface area contributed by atoms with Crippen molar-refractivity contribution in [1.29, 1.82) is 0 Å². The summed E-state index contributed by atoms with van der Waals surface area (Å²) in [5, 5.41) is 0. The van der Waals surface area contributed by atoms with E-state index in [9.17, 15) is 0 Å². The van der Waals surface area contributed by atoms with Gasteiger partial charge < -0.3 is 5.73 Å². The van der Waals surface area contributed by atoms with E-state index in [2.05, 4.69) is 16.9 Å². The van der Waals surface area contributed by atoms with Gasteiger partial charge in [-0.15, -0.1) is 0 Å². The summed E-state index contributed by atoms with van der Waals surface area (Å²) in [5.41, 5.74) is 7.37. The van der Waals surface area contributed by atoms with Crippen LogP contribution in [0.1, 0.15) is 24.7 Å². The maximum Gasteiger partial charge on any atom is 0.144 e. The highest BCUT2D eigenvalue weighted by Crippen LogP contribution is 2.04. The Bertz CT molecular complexity index is 245. The van der Waals surface area contributed by atoms with Gasteiger partial charge in [-0.05, 0) is 13.3 Å². The van der Waals surface area contributed by atoms with Crippen molar-refractivity contribution in [3.05, 3.63) is 17.6 Å². The molecule has 1 heterocycles. The van der Waals surface area contributed by atoms with E-state index in [0.29, 0.717) is 5.82 Å². The van der Waals surface area contributed by atoms with Crippen molar-refractivity contribution < 1.29 is 0 Å². The lowest BCUT2D eigenvalue weighted by atomic mass is 10.2. The second kappa shape index (κ2) is 3.32. The molecular formula is C8H13N3. The van der Waals surface area contributed by atoms with E-state index >= 15 is 0 Å². The van der Waals surface area contributed by atoms with E-state index < -0.39 is 0 Å². The van der Waals surface area contributed by atoms with Crippen LogP contribution in [0.3, 0.4) is 0 Å². The Labute approximate surface area is 66.7 Å². The van der Waals surface area contributed by atoms with Crippen molar-refractivity contribution in [2.45, 2.75) is 26.7 Å². The van der Waals surface area contributed by atoms with Gasteiger partial charge in [-0.2, -0.15) is 0 Å². The highest BCUT2D eigenvalue weighted by atomic mass is 14.9. The summed E-state index contributed by atoms with van der Waals surface area (Å²) in [6.45, 7) is 3.99. The van der Waals surface area contributed by atoms with Crippen molar-refractivity contribution in [3.63, 3.8) is 0 Å². The van der Waals surface area contributed by atoms with Gasteiger partial charge >= 0.3 is 0 Å². The van der Waals surface area contributed by atoms with Crippen LogP contribution in [0.5, 0.6) is 0 Å². The van der Waals surface area contributed by atoms with Crippen LogP contribution in [0, 0.1) is 6.92 Å². The summed E-state index contributed by atoms with van der Waals surface area (Å²) < 4.78 is 0. The first-order valence-corrected chi connectivity index (χ1v) is 3.82. The molecule has 0 unspecified atom stereocenters. The van der Waals surface area contributed by atoms with Crippen LogP contribution in [-0.2, 0) is 6.42 Å². The quantitative estimate of drug-likeness (QED) is 0.693. The molecule has 0 radical (unpaired) electrons. The average Bonchev–Trinajstić information content (AvgIpc) is 1.98. The summed E-state index contributed by atoms with van der Waals surface area (Å²) in [6.07, 6.45) is 3.82. The Hall–Kier alpha value is -1.12. The Morgan fingerprint density at radius 3 is 2.82 bits per heavy atom. The molecule has 0 bridgehead atoms. The first-order valence-electron chi connectivity index (χ1n) is 3.82. The van der Waals surface area contributed by atoms with Gasteiger partial charge in [-0.25, -0.2) is 4.98 Å². The largest absolute Gasteiger partial charge is 0.382 e. The maximum absolute atomic E-state index is 5.51. The summed E-state index contributed by atoms with van der Waals surface area (Å²) in [5.74, 6) is 0.532. The lowest BCUT2D eigenvalue weighted by Crippen LogP contribution is -2.00. The van der Waals surface area contributed by atoms with Crippen molar-refractivity contribution in [3.8, 4) is 0 Å². The molecule has 0 atom stereocenters. The second-order valence-electron chi connectivity index (χ2n) is 2.58. The number of nitrogens with zero attached hydrogens (tertiary/aromatic N) is 2. The molecule has 1 aromatic rings. The van der Waals surface area contributed by atoms with Crippen molar-refractivity contribution in [2.24, 2.45) is 0 Å². The minimum Gasteiger partial charge on any atom is -0.382 e. The highest BCUT2D eigenvalue weighted by Gasteiger charge is 1.97. The summed E-state index contributed by atoms with van der Waals surface area (Å²) in [4.78, 5) is 8.29. The zero-order valence-electron chi connectivity index (χ0n) is 6.96. The Morgan fingerprint density at radius 2 is 2.27 bits per heavy atom. The van der Waals surface area contributed by atoms with Crippen LogP contribution in [0.4, 0.5) is 5.82 Å². The molecule has 11 heavy (non-hydrogen) atoms. The van der Waals surface area contributed by atoms with Crippen LogP contribution in [-0.4, -0.2) is 9.97 Å².